The standard InChI is InChI=1S/C15H19N3O3/c1-10(2)18-12-7-17(8-13(12)21-9-14(18)19)15(20)11-3-5-16-6-4-11/h3-6,10,12-13H,7-9H2,1-2H3. The van der Waals surface area contributed by atoms with Gasteiger partial charge in [0.2, 0.25) is 5.91 Å². The Morgan fingerprint density at radius 1 is 1.33 bits per heavy atom. The van der Waals surface area contributed by atoms with Crippen molar-refractivity contribution in [2.75, 3.05) is 19.7 Å². The summed E-state index contributed by atoms with van der Waals surface area (Å²) in [6, 6.07) is 3.48. The number of carbonyl (C=O) groups excluding carboxylic acids is 2. The molecule has 21 heavy (non-hydrogen) atoms. The highest BCUT2D eigenvalue weighted by atomic mass is 16.5. The normalized spacial score (nSPS) is 25.4. The van der Waals surface area contributed by atoms with Crippen molar-refractivity contribution in [2.24, 2.45) is 0 Å². The third kappa shape index (κ3) is 2.51. The van der Waals surface area contributed by atoms with E-state index in [1.54, 1.807) is 29.4 Å². The molecule has 2 saturated heterocycles. The van der Waals surface area contributed by atoms with E-state index >= 15 is 0 Å². The van der Waals surface area contributed by atoms with Crippen LogP contribution < -0.4 is 0 Å². The van der Waals surface area contributed by atoms with Gasteiger partial charge in [-0.25, -0.2) is 0 Å². The Labute approximate surface area is 123 Å². The summed E-state index contributed by atoms with van der Waals surface area (Å²) in [4.78, 5) is 32.0. The number of aromatic nitrogens is 1. The van der Waals surface area contributed by atoms with E-state index in [-0.39, 0.29) is 36.6 Å². The van der Waals surface area contributed by atoms with Gasteiger partial charge in [0, 0.05) is 37.1 Å². The molecule has 6 heteroatoms. The largest absolute Gasteiger partial charge is 0.364 e. The third-order valence-electron chi connectivity index (χ3n) is 4.07. The Morgan fingerprint density at radius 2 is 2.05 bits per heavy atom. The van der Waals surface area contributed by atoms with Crippen LogP contribution >= 0.6 is 0 Å². The van der Waals surface area contributed by atoms with Gasteiger partial charge in [-0.2, -0.15) is 0 Å². The predicted octanol–water partition coefficient (Wildman–Crippen LogP) is 0.542. The number of morpholine rings is 1. The van der Waals surface area contributed by atoms with E-state index in [2.05, 4.69) is 4.98 Å². The zero-order valence-electron chi connectivity index (χ0n) is 12.2. The van der Waals surface area contributed by atoms with Crippen LogP contribution in [0.5, 0.6) is 0 Å². The van der Waals surface area contributed by atoms with Crippen molar-refractivity contribution in [3.63, 3.8) is 0 Å². The van der Waals surface area contributed by atoms with Crippen LogP contribution in [0.4, 0.5) is 0 Å². The second-order valence-corrected chi connectivity index (χ2v) is 5.76. The number of likely N-dealkylation sites (tertiary alicyclic amines) is 1. The SMILES string of the molecule is CC(C)N1C(=O)COC2CN(C(=O)c3ccncc3)CC21. The molecule has 2 aliphatic rings. The van der Waals surface area contributed by atoms with Crippen molar-refractivity contribution in [3.05, 3.63) is 30.1 Å². The topological polar surface area (TPSA) is 62.7 Å². The minimum Gasteiger partial charge on any atom is -0.364 e. The predicted molar refractivity (Wildman–Crippen MR) is 75.7 cm³/mol. The molecule has 6 nitrogen and oxygen atoms in total. The van der Waals surface area contributed by atoms with E-state index in [1.165, 1.54) is 0 Å². The monoisotopic (exact) mass is 289 g/mol. The minimum atomic E-state index is -0.0871. The number of pyridine rings is 1. The maximum absolute atomic E-state index is 12.5. The number of nitrogens with zero attached hydrogens (tertiary/aromatic N) is 3. The first-order valence-electron chi connectivity index (χ1n) is 7.20. The quantitative estimate of drug-likeness (QED) is 0.797. The highest BCUT2D eigenvalue weighted by Crippen LogP contribution is 2.26. The first-order chi connectivity index (χ1) is 10.1. The van der Waals surface area contributed by atoms with Crippen LogP contribution in [0, 0.1) is 0 Å². The Hall–Kier alpha value is -1.95. The maximum Gasteiger partial charge on any atom is 0.254 e. The summed E-state index contributed by atoms with van der Waals surface area (Å²) < 4.78 is 5.61. The number of hydrogen-bond acceptors (Lipinski definition) is 4. The van der Waals surface area contributed by atoms with Crippen molar-refractivity contribution < 1.29 is 14.3 Å². The van der Waals surface area contributed by atoms with Crippen molar-refractivity contribution in [1.82, 2.24) is 14.8 Å². The van der Waals surface area contributed by atoms with E-state index in [9.17, 15) is 9.59 Å². The number of ether oxygens (including phenoxy) is 1. The van der Waals surface area contributed by atoms with Gasteiger partial charge in [0.05, 0.1) is 12.1 Å². The Bertz CT molecular complexity index is 546. The molecule has 0 radical (unpaired) electrons. The lowest BCUT2D eigenvalue weighted by molar-refractivity contribution is -0.155. The summed E-state index contributed by atoms with van der Waals surface area (Å²) in [5.74, 6) is -0.0315. The number of fused-ring (bicyclic) bond motifs is 1. The van der Waals surface area contributed by atoms with Gasteiger partial charge < -0.3 is 14.5 Å². The van der Waals surface area contributed by atoms with Crippen LogP contribution in [0.15, 0.2) is 24.5 Å². The molecule has 0 N–H and O–H groups in total. The van der Waals surface area contributed by atoms with Gasteiger partial charge >= 0.3 is 0 Å². The maximum atomic E-state index is 12.5. The smallest absolute Gasteiger partial charge is 0.254 e. The molecule has 1 aromatic rings. The van der Waals surface area contributed by atoms with E-state index in [0.29, 0.717) is 18.7 Å². The molecular weight excluding hydrogens is 270 g/mol. The number of rotatable bonds is 2. The molecule has 2 amide bonds. The second kappa shape index (κ2) is 5.44. The summed E-state index contributed by atoms with van der Waals surface area (Å²) in [7, 11) is 0. The zero-order chi connectivity index (χ0) is 15.0. The number of hydrogen-bond donors (Lipinski definition) is 0. The number of amides is 2. The molecule has 2 aliphatic heterocycles. The number of carbonyl (C=O) groups is 2. The van der Waals surface area contributed by atoms with Crippen molar-refractivity contribution in [3.8, 4) is 0 Å². The lowest BCUT2D eigenvalue weighted by atomic mass is 10.1. The van der Waals surface area contributed by atoms with Crippen LogP contribution in [-0.4, -0.2) is 64.5 Å². The Kier molecular flexibility index (Phi) is 3.63. The van der Waals surface area contributed by atoms with Crippen LogP contribution in [0.1, 0.15) is 24.2 Å². The molecule has 1 aromatic heterocycles. The fourth-order valence-corrected chi connectivity index (χ4v) is 3.14. The summed E-state index contributed by atoms with van der Waals surface area (Å²) in [6.45, 7) is 5.15. The van der Waals surface area contributed by atoms with Crippen molar-refractivity contribution in [1.29, 1.82) is 0 Å². The Balaban J connectivity index is 1.78. The lowest BCUT2D eigenvalue weighted by Crippen LogP contribution is -2.56. The summed E-state index contributed by atoms with van der Waals surface area (Å²) in [5.41, 5.74) is 0.617. The van der Waals surface area contributed by atoms with Crippen LogP contribution in [0.3, 0.4) is 0 Å². The molecule has 0 spiro atoms. The molecule has 0 aliphatic carbocycles. The zero-order valence-corrected chi connectivity index (χ0v) is 12.2. The Morgan fingerprint density at radius 3 is 2.71 bits per heavy atom. The molecular formula is C15H19N3O3. The summed E-state index contributed by atoms with van der Waals surface area (Å²) in [6.07, 6.45) is 3.13. The van der Waals surface area contributed by atoms with Gasteiger partial charge in [-0.15, -0.1) is 0 Å². The fraction of sp³-hybridized carbons (Fsp3) is 0.533. The van der Waals surface area contributed by atoms with E-state index < -0.39 is 0 Å². The molecule has 3 rings (SSSR count). The molecule has 2 fully saturated rings. The average Bonchev–Trinajstić information content (AvgIpc) is 2.90. The van der Waals surface area contributed by atoms with Crippen LogP contribution in [-0.2, 0) is 9.53 Å². The van der Waals surface area contributed by atoms with E-state index in [1.807, 2.05) is 18.7 Å². The minimum absolute atomic E-state index is 0.00413. The first kappa shape index (κ1) is 14.0. The third-order valence-corrected chi connectivity index (χ3v) is 4.07. The van der Waals surface area contributed by atoms with Crippen molar-refractivity contribution in [2.45, 2.75) is 32.0 Å². The van der Waals surface area contributed by atoms with Gasteiger partial charge in [-0.3, -0.25) is 14.6 Å². The first-order valence-corrected chi connectivity index (χ1v) is 7.20. The summed E-state index contributed by atoms with van der Waals surface area (Å²) >= 11 is 0. The van der Waals surface area contributed by atoms with Crippen molar-refractivity contribution >= 4 is 11.8 Å². The van der Waals surface area contributed by atoms with Gasteiger partial charge in [-0.05, 0) is 26.0 Å². The van der Waals surface area contributed by atoms with Crippen LogP contribution in [0.25, 0.3) is 0 Å². The summed E-state index contributed by atoms with van der Waals surface area (Å²) in [5, 5.41) is 0. The van der Waals surface area contributed by atoms with Crippen LogP contribution in [0.2, 0.25) is 0 Å². The molecule has 3 heterocycles. The highest BCUT2D eigenvalue weighted by Gasteiger charge is 2.45. The fourth-order valence-electron chi connectivity index (χ4n) is 3.14. The highest BCUT2D eigenvalue weighted by molar-refractivity contribution is 5.94. The van der Waals surface area contributed by atoms with E-state index in [4.69, 9.17) is 4.74 Å². The molecule has 2 unspecified atom stereocenters. The molecule has 112 valence electrons. The molecule has 0 aromatic carbocycles. The molecule has 0 bridgehead atoms. The second-order valence-electron chi connectivity index (χ2n) is 5.76. The lowest BCUT2D eigenvalue weighted by Gasteiger charge is -2.39. The van der Waals surface area contributed by atoms with E-state index in [0.717, 1.165) is 0 Å². The average molecular weight is 289 g/mol. The molecule has 0 saturated carbocycles. The molecule has 2 atom stereocenters. The van der Waals surface area contributed by atoms with Gasteiger partial charge in [0.25, 0.3) is 5.91 Å². The van der Waals surface area contributed by atoms with Gasteiger partial charge in [0.15, 0.2) is 0 Å². The van der Waals surface area contributed by atoms with Gasteiger partial charge in [-0.1, -0.05) is 0 Å². The van der Waals surface area contributed by atoms with Gasteiger partial charge in [0.1, 0.15) is 6.61 Å².